The Hall–Kier alpha value is -3.06. The minimum Gasteiger partial charge on any atom is -0.455 e. The smallest absolute Gasteiger partial charge is 0.313 e. The van der Waals surface area contributed by atoms with E-state index in [0.29, 0.717) is 24.8 Å². The predicted octanol–water partition coefficient (Wildman–Crippen LogP) is 4.34. The van der Waals surface area contributed by atoms with E-state index in [4.69, 9.17) is 14.2 Å². The summed E-state index contributed by atoms with van der Waals surface area (Å²) in [6.45, 7) is 17.7. The van der Waals surface area contributed by atoms with E-state index < -0.39 is 59.1 Å². The Bertz CT molecular complexity index is 1410. The highest BCUT2D eigenvalue weighted by atomic mass is 79.9. The number of carbonyl (C=O) groups excluding carboxylic acids is 4. The summed E-state index contributed by atoms with van der Waals surface area (Å²) in [6, 6.07) is 7.23. The molecule has 11 nitrogen and oxygen atoms in total. The number of aliphatic hydroxyl groups excluding tert-OH is 1. The quantitative estimate of drug-likeness (QED) is 0.136. The van der Waals surface area contributed by atoms with Gasteiger partial charge >= 0.3 is 5.97 Å². The van der Waals surface area contributed by atoms with Gasteiger partial charge in [-0.1, -0.05) is 79.2 Å². The Morgan fingerprint density at radius 2 is 1.86 bits per heavy atom. The molecule has 276 valence electrons. The molecule has 1 aromatic carbocycles. The summed E-state index contributed by atoms with van der Waals surface area (Å²) in [5.41, 5.74) is -1.44. The summed E-state index contributed by atoms with van der Waals surface area (Å²) >= 11 is 3.72. The maximum Gasteiger partial charge on any atom is 0.313 e. The number of ether oxygens (including phenoxy) is 3. The molecule has 2 N–H and O–H groups in total. The lowest BCUT2D eigenvalue weighted by Crippen LogP contribution is -2.61. The van der Waals surface area contributed by atoms with E-state index in [1.807, 2.05) is 32.0 Å². The van der Waals surface area contributed by atoms with E-state index in [1.165, 1.54) is 12.0 Å². The Morgan fingerprint density at radius 1 is 1.18 bits per heavy atom. The fourth-order valence-electron chi connectivity index (χ4n) is 8.46. The van der Waals surface area contributed by atoms with Crippen molar-refractivity contribution < 1.29 is 38.5 Å². The second-order valence-corrected chi connectivity index (χ2v) is 16.6. The summed E-state index contributed by atoms with van der Waals surface area (Å²) in [6.07, 6.45) is 3.27. The van der Waals surface area contributed by atoms with E-state index in [-0.39, 0.29) is 54.8 Å². The first kappa shape index (κ1) is 39.7. The molecule has 1 spiro atoms. The standard InChI is InChI=1S/C38H54BrN3O8/c1-9-11-17-27(44)40-26(22-48-8)30(24-15-13-12-14-16-24)49-35(47)28-29-33(45)41(19-20-43)32(38(29)21-25(39)31(28)50-38)34(46)42(18-10-2)37(6,7)23-36(3,4)5/h9-10,12-16,25-26,28-32,43H,1-2,11,17-23H2,3-8H3,(H,40,44)/t25?,26-,28+,29-,30-,31+,32+,38-/m0/s1. The molecule has 0 radical (unpaired) electrons. The molecule has 4 rings (SSSR count). The van der Waals surface area contributed by atoms with Gasteiger partial charge in [-0.25, -0.2) is 0 Å². The molecule has 50 heavy (non-hydrogen) atoms. The van der Waals surface area contributed by atoms with E-state index in [0.717, 1.165) is 0 Å². The molecule has 1 unspecified atom stereocenters. The second kappa shape index (κ2) is 16.1. The van der Waals surface area contributed by atoms with Crippen molar-refractivity contribution in [1.82, 2.24) is 15.1 Å². The van der Waals surface area contributed by atoms with E-state index in [9.17, 15) is 24.3 Å². The van der Waals surface area contributed by atoms with Crippen LogP contribution >= 0.6 is 15.9 Å². The molecule has 3 saturated heterocycles. The molecule has 0 aromatic heterocycles. The van der Waals surface area contributed by atoms with Crippen molar-refractivity contribution in [2.75, 3.05) is 33.4 Å². The van der Waals surface area contributed by atoms with Crippen molar-refractivity contribution in [3.8, 4) is 0 Å². The Morgan fingerprint density at radius 3 is 2.44 bits per heavy atom. The van der Waals surface area contributed by atoms with Crippen LogP contribution < -0.4 is 5.32 Å². The number of esters is 1. The third kappa shape index (κ3) is 8.03. The van der Waals surface area contributed by atoms with Crippen LogP contribution in [0.3, 0.4) is 0 Å². The number of methoxy groups -OCH3 is 1. The number of nitrogens with zero attached hydrogens (tertiary/aromatic N) is 2. The number of halogens is 1. The van der Waals surface area contributed by atoms with Crippen molar-refractivity contribution in [2.24, 2.45) is 17.3 Å². The number of rotatable bonds is 17. The maximum atomic E-state index is 14.8. The van der Waals surface area contributed by atoms with Crippen LogP contribution in [0.2, 0.25) is 0 Å². The SMILES string of the molecule is C=CCCC(=O)N[C@@H](COC)[C@@H](OC(=O)[C@H]1[C@@H]2O[C@@]3(CC2Br)[C@@H]1C(=O)N(CCO)[C@@H]3C(=O)N(CC=C)C(C)(C)CC(C)(C)C)c1ccccc1. The number of carbonyl (C=O) groups is 4. The molecule has 8 atom stereocenters. The number of benzene rings is 1. The number of hydrogen-bond donors (Lipinski definition) is 2. The summed E-state index contributed by atoms with van der Waals surface area (Å²) in [7, 11) is 1.50. The number of aliphatic hydroxyl groups is 1. The van der Waals surface area contributed by atoms with Crippen LogP contribution in [0, 0.1) is 17.3 Å². The Kier molecular flexibility index (Phi) is 12.8. The van der Waals surface area contributed by atoms with Gasteiger partial charge in [0, 0.05) is 37.0 Å². The fourth-order valence-corrected chi connectivity index (χ4v) is 9.40. The molecule has 3 aliphatic heterocycles. The number of amides is 3. The molecule has 3 amide bonds. The third-order valence-corrected chi connectivity index (χ3v) is 10.8. The van der Waals surface area contributed by atoms with Gasteiger partial charge < -0.3 is 34.4 Å². The van der Waals surface area contributed by atoms with Crippen molar-refractivity contribution >= 4 is 39.6 Å². The third-order valence-electron chi connectivity index (χ3n) is 9.91. The number of fused-ring (bicyclic) bond motifs is 1. The minimum atomic E-state index is -1.34. The molecule has 0 aliphatic carbocycles. The van der Waals surface area contributed by atoms with Crippen LogP contribution in [0.15, 0.2) is 55.6 Å². The molecular weight excluding hydrogens is 706 g/mol. The zero-order chi connectivity index (χ0) is 37.0. The van der Waals surface area contributed by atoms with Gasteiger partial charge in [0.1, 0.15) is 17.7 Å². The zero-order valence-electron chi connectivity index (χ0n) is 30.2. The highest BCUT2D eigenvalue weighted by Crippen LogP contribution is 2.60. The van der Waals surface area contributed by atoms with Gasteiger partial charge in [0.05, 0.1) is 37.2 Å². The molecular formula is C38H54BrN3O8. The van der Waals surface area contributed by atoms with E-state index in [2.05, 4.69) is 55.2 Å². The number of β-amino-alcohol motifs (C(OH)–C–C–N with tert-alkyl or cyclic N) is 1. The molecule has 3 fully saturated rings. The topological polar surface area (TPSA) is 135 Å². The van der Waals surface area contributed by atoms with Gasteiger partial charge in [0.15, 0.2) is 0 Å². The van der Waals surface area contributed by atoms with Gasteiger partial charge in [-0.2, -0.15) is 0 Å². The highest BCUT2D eigenvalue weighted by Gasteiger charge is 2.77. The highest BCUT2D eigenvalue weighted by molar-refractivity contribution is 9.09. The van der Waals surface area contributed by atoms with Gasteiger partial charge in [-0.05, 0) is 44.1 Å². The molecule has 12 heteroatoms. The summed E-state index contributed by atoms with van der Waals surface area (Å²) < 4.78 is 18.4. The van der Waals surface area contributed by atoms with Gasteiger partial charge in [-0.15, -0.1) is 13.2 Å². The number of likely N-dealkylation sites (tertiary alicyclic amines) is 1. The van der Waals surface area contributed by atoms with E-state index in [1.54, 1.807) is 29.2 Å². The first-order valence-corrected chi connectivity index (χ1v) is 18.3. The van der Waals surface area contributed by atoms with Gasteiger partial charge in [0.2, 0.25) is 17.7 Å². The minimum absolute atomic E-state index is 0.0506. The first-order valence-electron chi connectivity index (χ1n) is 17.4. The Balaban J connectivity index is 1.73. The lowest BCUT2D eigenvalue weighted by Gasteiger charge is -2.45. The number of hydrogen-bond acceptors (Lipinski definition) is 8. The van der Waals surface area contributed by atoms with Crippen LogP contribution in [0.5, 0.6) is 0 Å². The van der Waals surface area contributed by atoms with Crippen molar-refractivity contribution in [2.45, 2.75) is 101 Å². The number of alkyl halides is 1. The number of nitrogens with one attached hydrogen (secondary N) is 1. The first-order chi connectivity index (χ1) is 23.6. The lowest BCUT2D eigenvalue weighted by molar-refractivity contribution is -0.163. The molecule has 2 bridgehead atoms. The van der Waals surface area contributed by atoms with Crippen LogP contribution in [-0.4, -0.2) is 106 Å². The lowest BCUT2D eigenvalue weighted by atomic mass is 9.70. The van der Waals surface area contributed by atoms with E-state index >= 15 is 0 Å². The number of allylic oxidation sites excluding steroid dienone is 1. The Labute approximate surface area is 304 Å². The summed E-state index contributed by atoms with van der Waals surface area (Å²) in [5.74, 6) is -3.76. The monoisotopic (exact) mass is 759 g/mol. The zero-order valence-corrected chi connectivity index (χ0v) is 31.8. The van der Waals surface area contributed by atoms with Gasteiger partial charge in [-0.3, -0.25) is 19.2 Å². The average Bonchev–Trinajstić information content (AvgIpc) is 3.63. The van der Waals surface area contributed by atoms with Crippen molar-refractivity contribution in [3.63, 3.8) is 0 Å². The van der Waals surface area contributed by atoms with Crippen LogP contribution in [0.25, 0.3) is 0 Å². The van der Waals surface area contributed by atoms with Crippen LogP contribution in [0.4, 0.5) is 0 Å². The van der Waals surface area contributed by atoms with Gasteiger partial charge in [0.25, 0.3) is 0 Å². The normalized spacial score (nSPS) is 27.0. The van der Waals surface area contributed by atoms with Crippen LogP contribution in [-0.2, 0) is 33.4 Å². The van der Waals surface area contributed by atoms with Crippen LogP contribution in [0.1, 0.15) is 72.0 Å². The summed E-state index contributed by atoms with van der Waals surface area (Å²) in [4.78, 5) is 59.4. The van der Waals surface area contributed by atoms with Crippen molar-refractivity contribution in [3.05, 3.63) is 61.2 Å². The fraction of sp³-hybridized carbons (Fsp3) is 0.632. The average molecular weight is 761 g/mol. The molecule has 1 aromatic rings. The molecule has 3 aliphatic rings. The predicted molar refractivity (Wildman–Crippen MR) is 193 cm³/mol. The maximum absolute atomic E-state index is 14.8. The largest absolute Gasteiger partial charge is 0.455 e. The molecule has 0 saturated carbocycles. The molecule has 3 heterocycles. The van der Waals surface area contributed by atoms with Crippen molar-refractivity contribution in [1.29, 1.82) is 0 Å². The summed E-state index contributed by atoms with van der Waals surface area (Å²) in [5, 5.41) is 13.1. The second-order valence-electron chi connectivity index (χ2n) is 15.4.